The Balaban J connectivity index is 1.50. The van der Waals surface area contributed by atoms with Gasteiger partial charge in [-0.1, -0.05) is 23.8 Å². The van der Waals surface area contributed by atoms with Gasteiger partial charge in [0, 0.05) is 35.7 Å². The van der Waals surface area contributed by atoms with Crippen LogP contribution in [0.5, 0.6) is 5.75 Å². The number of rotatable bonds is 4. The first kappa shape index (κ1) is 18.9. The van der Waals surface area contributed by atoms with Crippen LogP contribution in [0.3, 0.4) is 0 Å². The van der Waals surface area contributed by atoms with Crippen molar-refractivity contribution >= 4 is 5.91 Å². The van der Waals surface area contributed by atoms with E-state index in [0.29, 0.717) is 29.8 Å². The van der Waals surface area contributed by atoms with Crippen molar-refractivity contribution < 1.29 is 13.9 Å². The minimum Gasteiger partial charge on any atom is -0.496 e. The number of hydrogen-bond donors (Lipinski definition) is 4. The quantitative estimate of drug-likeness (QED) is 0.649. The molecule has 7 heteroatoms. The third-order valence-electron chi connectivity index (χ3n) is 5.64. The summed E-state index contributed by atoms with van der Waals surface area (Å²) in [5, 5.41) is 6.46. The highest BCUT2D eigenvalue weighted by molar-refractivity contribution is 5.94. The summed E-state index contributed by atoms with van der Waals surface area (Å²) < 4.78 is 19.9. The molecular formula is C21H25FN4O2. The lowest BCUT2D eigenvalue weighted by Gasteiger charge is -2.35. The van der Waals surface area contributed by atoms with Gasteiger partial charge in [-0.25, -0.2) is 9.82 Å². The number of ether oxygens (including phenoxy) is 1. The van der Waals surface area contributed by atoms with Gasteiger partial charge >= 0.3 is 0 Å². The third kappa shape index (κ3) is 3.61. The molecule has 2 aromatic rings. The fourth-order valence-corrected chi connectivity index (χ4v) is 4.10. The summed E-state index contributed by atoms with van der Waals surface area (Å²) in [5.41, 5.74) is 8.69. The summed E-state index contributed by atoms with van der Waals surface area (Å²) in [7, 11) is 1.55. The van der Waals surface area contributed by atoms with Crippen molar-refractivity contribution in [3.05, 3.63) is 65.0 Å². The molecule has 4 atom stereocenters. The van der Waals surface area contributed by atoms with Crippen molar-refractivity contribution in [3.63, 3.8) is 0 Å². The number of aryl methyl sites for hydroxylation is 1. The molecule has 0 bridgehead atoms. The number of halogens is 1. The molecule has 0 spiro atoms. The predicted molar refractivity (Wildman–Crippen MR) is 104 cm³/mol. The Morgan fingerprint density at radius 2 is 1.96 bits per heavy atom. The number of carbonyl (C=O) groups is 1. The first-order valence-electron chi connectivity index (χ1n) is 9.51. The standard InChI is InChI=1S/C21H25FN4O2/c1-12-6-8-13(9-7-12)21(27)24-20-14-10-16(23-11-17(14)25-26-20)19-15(22)4-3-5-18(19)28-2/h3-9,14,16-17,20,23,25-26H,10-11H2,1-2H3,(H,24,27). The topological polar surface area (TPSA) is 74.4 Å². The lowest BCUT2D eigenvalue weighted by atomic mass is 9.84. The molecule has 4 unspecified atom stereocenters. The molecule has 2 aliphatic rings. The van der Waals surface area contributed by atoms with Crippen LogP contribution in [0.25, 0.3) is 0 Å². The second-order valence-electron chi connectivity index (χ2n) is 7.43. The van der Waals surface area contributed by atoms with Gasteiger partial charge in [-0.15, -0.1) is 0 Å². The Labute approximate surface area is 163 Å². The molecule has 2 aromatic carbocycles. The summed E-state index contributed by atoms with van der Waals surface area (Å²) in [6, 6.07) is 12.3. The van der Waals surface area contributed by atoms with Crippen LogP contribution in [0.15, 0.2) is 42.5 Å². The Hall–Kier alpha value is -2.48. The van der Waals surface area contributed by atoms with Crippen LogP contribution >= 0.6 is 0 Å². The van der Waals surface area contributed by atoms with Crippen LogP contribution in [-0.4, -0.2) is 31.8 Å². The molecule has 2 aliphatic heterocycles. The molecule has 2 heterocycles. The van der Waals surface area contributed by atoms with Crippen molar-refractivity contribution in [3.8, 4) is 5.75 Å². The molecular weight excluding hydrogens is 359 g/mol. The molecule has 2 saturated heterocycles. The molecule has 2 fully saturated rings. The molecule has 0 aromatic heterocycles. The molecule has 4 N–H and O–H groups in total. The Kier molecular flexibility index (Phi) is 5.30. The van der Waals surface area contributed by atoms with Gasteiger partial charge in [-0.3, -0.25) is 10.2 Å². The Bertz CT molecular complexity index is 858. The number of amides is 1. The molecule has 4 rings (SSSR count). The number of benzene rings is 2. The molecule has 1 amide bonds. The predicted octanol–water partition coefficient (Wildman–Crippen LogP) is 2.03. The fourth-order valence-electron chi connectivity index (χ4n) is 4.10. The van der Waals surface area contributed by atoms with Crippen LogP contribution in [0.2, 0.25) is 0 Å². The van der Waals surface area contributed by atoms with Gasteiger partial charge in [0.15, 0.2) is 0 Å². The second kappa shape index (κ2) is 7.87. The van der Waals surface area contributed by atoms with E-state index in [-0.39, 0.29) is 35.9 Å². The van der Waals surface area contributed by atoms with Crippen molar-refractivity contribution in [2.24, 2.45) is 5.92 Å². The van der Waals surface area contributed by atoms with Crippen LogP contribution in [0.1, 0.15) is 33.9 Å². The molecule has 0 radical (unpaired) electrons. The molecule has 6 nitrogen and oxygen atoms in total. The number of carbonyl (C=O) groups excluding carboxylic acids is 1. The van der Waals surface area contributed by atoms with Gasteiger partial charge < -0.3 is 15.4 Å². The molecule has 148 valence electrons. The van der Waals surface area contributed by atoms with E-state index in [9.17, 15) is 9.18 Å². The molecule has 28 heavy (non-hydrogen) atoms. The number of hydrogen-bond acceptors (Lipinski definition) is 5. The van der Waals surface area contributed by atoms with Crippen LogP contribution < -0.4 is 26.2 Å². The third-order valence-corrected chi connectivity index (χ3v) is 5.64. The molecule has 0 saturated carbocycles. The Morgan fingerprint density at radius 3 is 2.71 bits per heavy atom. The first-order valence-corrected chi connectivity index (χ1v) is 9.51. The van der Waals surface area contributed by atoms with Crippen LogP contribution in [-0.2, 0) is 0 Å². The van der Waals surface area contributed by atoms with Gasteiger partial charge in [0.25, 0.3) is 5.91 Å². The normalized spacial score (nSPS) is 26.5. The maximum atomic E-state index is 14.5. The number of piperidine rings is 1. The SMILES string of the molecule is COc1cccc(F)c1C1CC2C(CN1)NNC2NC(=O)c1ccc(C)cc1. The number of fused-ring (bicyclic) bond motifs is 1. The maximum absolute atomic E-state index is 14.5. The summed E-state index contributed by atoms with van der Waals surface area (Å²) in [4.78, 5) is 12.6. The number of methoxy groups -OCH3 is 1. The van der Waals surface area contributed by atoms with Gasteiger partial charge in [0.2, 0.25) is 0 Å². The average molecular weight is 384 g/mol. The van der Waals surface area contributed by atoms with Crippen molar-refractivity contribution in [2.75, 3.05) is 13.7 Å². The first-order chi connectivity index (χ1) is 13.6. The van der Waals surface area contributed by atoms with Crippen LogP contribution in [0, 0.1) is 18.7 Å². The van der Waals surface area contributed by atoms with E-state index >= 15 is 0 Å². The van der Waals surface area contributed by atoms with Gasteiger partial charge in [-0.05, 0) is 37.6 Å². The lowest BCUT2D eigenvalue weighted by Crippen LogP contribution is -2.49. The Morgan fingerprint density at radius 1 is 1.18 bits per heavy atom. The van der Waals surface area contributed by atoms with E-state index in [1.165, 1.54) is 6.07 Å². The zero-order chi connectivity index (χ0) is 19.7. The highest BCUT2D eigenvalue weighted by atomic mass is 19.1. The van der Waals surface area contributed by atoms with E-state index in [2.05, 4.69) is 21.5 Å². The summed E-state index contributed by atoms with van der Waals surface area (Å²) in [6.45, 7) is 2.65. The van der Waals surface area contributed by atoms with Crippen molar-refractivity contribution in [1.29, 1.82) is 0 Å². The van der Waals surface area contributed by atoms with Crippen molar-refractivity contribution in [1.82, 2.24) is 21.5 Å². The van der Waals surface area contributed by atoms with E-state index < -0.39 is 0 Å². The summed E-state index contributed by atoms with van der Waals surface area (Å²) in [5.74, 6) is 0.244. The number of hydrazine groups is 1. The van der Waals surface area contributed by atoms with Gasteiger partial charge in [0.05, 0.1) is 13.3 Å². The smallest absolute Gasteiger partial charge is 0.252 e. The highest BCUT2D eigenvalue weighted by Crippen LogP contribution is 2.36. The zero-order valence-electron chi connectivity index (χ0n) is 16.0. The largest absolute Gasteiger partial charge is 0.496 e. The lowest BCUT2D eigenvalue weighted by molar-refractivity contribution is 0.0913. The van der Waals surface area contributed by atoms with E-state index in [0.717, 1.165) is 5.56 Å². The minimum atomic E-state index is -0.283. The zero-order valence-corrected chi connectivity index (χ0v) is 16.0. The summed E-state index contributed by atoms with van der Waals surface area (Å²) in [6.07, 6.45) is 0.432. The van der Waals surface area contributed by atoms with E-state index in [4.69, 9.17) is 4.74 Å². The van der Waals surface area contributed by atoms with Crippen molar-refractivity contribution in [2.45, 2.75) is 31.6 Å². The summed E-state index contributed by atoms with van der Waals surface area (Å²) >= 11 is 0. The fraction of sp³-hybridized carbons (Fsp3) is 0.381. The average Bonchev–Trinajstić information content (AvgIpc) is 3.10. The number of nitrogens with one attached hydrogen (secondary N) is 4. The van der Waals surface area contributed by atoms with E-state index in [1.807, 2.05) is 31.2 Å². The highest BCUT2D eigenvalue weighted by Gasteiger charge is 2.42. The van der Waals surface area contributed by atoms with Gasteiger partial charge in [-0.2, -0.15) is 0 Å². The maximum Gasteiger partial charge on any atom is 0.252 e. The monoisotopic (exact) mass is 384 g/mol. The minimum absolute atomic E-state index is 0.116. The van der Waals surface area contributed by atoms with E-state index in [1.54, 1.807) is 19.2 Å². The van der Waals surface area contributed by atoms with Crippen LogP contribution in [0.4, 0.5) is 4.39 Å². The van der Waals surface area contributed by atoms with Gasteiger partial charge in [0.1, 0.15) is 11.6 Å². The second-order valence-corrected chi connectivity index (χ2v) is 7.43. The molecule has 0 aliphatic carbocycles.